The van der Waals surface area contributed by atoms with E-state index >= 15 is 0 Å². The molecule has 0 amide bonds. The van der Waals surface area contributed by atoms with Crippen molar-refractivity contribution in [3.8, 4) is 6.07 Å². The lowest BCUT2D eigenvalue weighted by Crippen LogP contribution is -2.12. The molecule has 0 aliphatic carbocycles. The van der Waals surface area contributed by atoms with E-state index in [2.05, 4.69) is 16.5 Å². The molecule has 0 aliphatic rings. The number of hydrogen-bond acceptors (Lipinski definition) is 4. The van der Waals surface area contributed by atoms with Crippen LogP contribution in [0.4, 0.5) is 0 Å². The van der Waals surface area contributed by atoms with Gasteiger partial charge in [0.2, 0.25) is 0 Å². The summed E-state index contributed by atoms with van der Waals surface area (Å²) in [5.74, 6) is 0. The average molecular weight is 213 g/mol. The molecule has 0 fully saturated rings. The van der Waals surface area contributed by atoms with Crippen LogP contribution in [0.15, 0.2) is 41.1 Å². The topological polar surface area (TPSA) is 61.9 Å². The van der Waals surface area contributed by atoms with E-state index in [1.54, 1.807) is 6.26 Å². The van der Waals surface area contributed by atoms with Crippen LogP contribution in [0.5, 0.6) is 0 Å². The van der Waals surface area contributed by atoms with Crippen LogP contribution >= 0.6 is 0 Å². The predicted octanol–water partition coefficient (Wildman–Crippen LogP) is 1.84. The molecule has 0 unspecified atom stereocenters. The first kappa shape index (κ1) is 10.4. The summed E-state index contributed by atoms with van der Waals surface area (Å²) >= 11 is 0. The Morgan fingerprint density at radius 2 is 2.00 bits per heavy atom. The largest absolute Gasteiger partial charge is 0.364 e. The highest BCUT2D eigenvalue weighted by Gasteiger charge is 1.97. The summed E-state index contributed by atoms with van der Waals surface area (Å²) < 4.78 is 4.72. The second-order valence-corrected chi connectivity index (χ2v) is 3.40. The van der Waals surface area contributed by atoms with Crippen molar-refractivity contribution in [2.45, 2.75) is 13.1 Å². The molecule has 1 aromatic carbocycles. The fraction of sp³-hybridized carbons (Fsp3) is 0.167. The SMILES string of the molecule is N#Cc1ccc(CNCc2ccon2)cc1. The number of aromatic nitrogens is 1. The van der Waals surface area contributed by atoms with Gasteiger partial charge in [0.25, 0.3) is 0 Å². The van der Waals surface area contributed by atoms with E-state index in [1.807, 2.05) is 30.3 Å². The highest BCUT2D eigenvalue weighted by atomic mass is 16.5. The van der Waals surface area contributed by atoms with E-state index in [1.165, 1.54) is 0 Å². The highest BCUT2D eigenvalue weighted by Crippen LogP contribution is 2.03. The lowest BCUT2D eigenvalue weighted by molar-refractivity contribution is 0.408. The van der Waals surface area contributed by atoms with Gasteiger partial charge < -0.3 is 9.84 Å². The molecule has 2 rings (SSSR count). The highest BCUT2D eigenvalue weighted by molar-refractivity contribution is 5.31. The molecule has 80 valence electrons. The van der Waals surface area contributed by atoms with Gasteiger partial charge in [-0.25, -0.2) is 0 Å². The van der Waals surface area contributed by atoms with Crippen LogP contribution < -0.4 is 5.32 Å². The van der Waals surface area contributed by atoms with Crippen molar-refractivity contribution in [3.63, 3.8) is 0 Å². The number of nitrogens with one attached hydrogen (secondary N) is 1. The van der Waals surface area contributed by atoms with E-state index in [0.717, 1.165) is 17.8 Å². The Bertz CT molecular complexity index is 468. The summed E-state index contributed by atoms with van der Waals surface area (Å²) in [4.78, 5) is 0. The number of hydrogen-bond donors (Lipinski definition) is 1. The third-order valence-corrected chi connectivity index (χ3v) is 2.21. The van der Waals surface area contributed by atoms with Crippen molar-refractivity contribution < 1.29 is 4.52 Å². The monoisotopic (exact) mass is 213 g/mol. The lowest BCUT2D eigenvalue weighted by Gasteiger charge is -2.02. The molecule has 1 N–H and O–H groups in total. The maximum atomic E-state index is 8.65. The second kappa shape index (κ2) is 5.10. The summed E-state index contributed by atoms with van der Waals surface area (Å²) in [6, 6.07) is 11.4. The van der Waals surface area contributed by atoms with Crippen LogP contribution in [0.3, 0.4) is 0 Å². The van der Waals surface area contributed by atoms with Crippen LogP contribution in [0.1, 0.15) is 16.8 Å². The van der Waals surface area contributed by atoms with E-state index in [-0.39, 0.29) is 0 Å². The first-order valence-electron chi connectivity index (χ1n) is 4.97. The molecule has 1 aromatic heterocycles. The minimum absolute atomic E-state index is 0.677. The van der Waals surface area contributed by atoms with Gasteiger partial charge in [-0.3, -0.25) is 0 Å². The molecule has 4 heteroatoms. The smallest absolute Gasteiger partial charge is 0.124 e. The fourth-order valence-electron chi connectivity index (χ4n) is 1.36. The Labute approximate surface area is 93.5 Å². The summed E-state index contributed by atoms with van der Waals surface area (Å²) in [7, 11) is 0. The number of rotatable bonds is 4. The number of benzene rings is 1. The van der Waals surface area contributed by atoms with E-state index in [4.69, 9.17) is 9.78 Å². The van der Waals surface area contributed by atoms with Crippen molar-refractivity contribution in [1.82, 2.24) is 10.5 Å². The van der Waals surface area contributed by atoms with Gasteiger partial charge in [-0.15, -0.1) is 0 Å². The van der Waals surface area contributed by atoms with Gasteiger partial charge in [0.05, 0.1) is 17.3 Å². The third-order valence-electron chi connectivity index (χ3n) is 2.21. The fourth-order valence-corrected chi connectivity index (χ4v) is 1.36. The quantitative estimate of drug-likeness (QED) is 0.841. The van der Waals surface area contributed by atoms with Crippen molar-refractivity contribution in [2.75, 3.05) is 0 Å². The standard InChI is InChI=1S/C12H11N3O/c13-7-10-1-3-11(4-2-10)8-14-9-12-5-6-16-15-12/h1-6,14H,8-9H2. The second-order valence-electron chi connectivity index (χ2n) is 3.40. The van der Waals surface area contributed by atoms with Crippen molar-refractivity contribution >= 4 is 0 Å². The molecule has 0 atom stereocenters. The van der Waals surface area contributed by atoms with Crippen LogP contribution in [0.2, 0.25) is 0 Å². The maximum Gasteiger partial charge on any atom is 0.124 e. The average Bonchev–Trinajstić information content (AvgIpc) is 2.83. The minimum atomic E-state index is 0.677. The van der Waals surface area contributed by atoms with Crippen LogP contribution in [0.25, 0.3) is 0 Å². The molecular weight excluding hydrogens is 202 g/mol. The summed E-state index contributed by atoms with van der Waals surface area (Å²) in [6.07, 6.45) is 1.55. The molecule has 0 saturated carbocycles. The molecule has 2 aromatic rings. The summed E-state index contributed by atoms with van der Waals surface area (Å²) in [5.41, 5.74) is 2.70. The van der Waals surface area contributed by atoms with Crippen LogP contribution in [0, 0.1) is 11.3 Å². The van der Waals surface area contributed by atoms with Crippen LogP contribution in [-0.2, 0) is 13.1 Å². The molecule has 16 heavy (non-hydrogen) atoms. The molecular formula is C12H11N3O. The van der Waals surface area contributed by atoms with Gasteiger partial charge in [-0.2, -0.15) is 5.26 Å². The molecule has 0 radical (unpaired) electrons. The Hall–Kier alpha value is -2.12. The molecule has 0 bridgehead atoms. The van der Waals surface area contributed by atoms with E-state index < -0.39 is 0 Å². The Morgan fingerprint density at radius 1 is 1.19 bits per heavy atom. The molecule has 0 aliphatic heterocycles. The first-order chi connectivity index (χ1) is 7.88. The summed E-state index contributed by atoms with van der Waals surface area (Å²) in [6.45, 7) is 1.43. The Balaban J connectivity index is 1.83. The zero-order valence-corrected chi connectivity index (χ0v) is 8.68. The number of nitriles is 1. The van der Waals surface area contributed by atoms with Gasteiger partial charge >= 0.3 is 0 Å². The minimum Gasteiger partial charge on any atom is -0.364 e. The normalized spacial score (nSPS) is 9.94. The van der Waals surface area contributed by atoms with Gasteiger partial charge in [0.15, 0.2) is 0 Å². The van der Waals surface area contributed by atoms with E-state index in [0.29, 0.717) is 12.1 Å². The van der Waals surface area contributed by atoms with Crippen molar-refractivity contribution in [2.24, 2.45) is 0 Å². The van der Waals surface area contributed by atoms with E-state index in [9.17, 15) is 0 Å². The van der Waals surface area contributed by atoms with Gasteiger partial charge in [-0.05, 0) is 17.7 Å². The van der Waals surface area contributed by atoms with Crippen molar-refractivity contribution in [3.05, 3.63) is 53.4 Å². The molecule has 0 saturated heterocycles. The third kappa shape index (κ3) is 2.69. The van der Waals surface area contributed by atoms with Crippen molar-refractivity contribution in [1.29, 1.82) is 5.26 Å². The Morgan fingerprint density at radius 3 is 2.62 bits per heavy atom. The lowest BCUT2D eigenvalue weighted by atomic mass is 10.1. The molecule has 1 heterocycles. The molecule has 4 nitrogen and oxygen atoms in total. The number of nitrogens with zero attached hydrogens (tertiary/aromatic N) is 2. The predicted molar refractivity (Wildman–Crippen MR) is 58.2 cm³/mol. The van der Waals surface area contributed by atoms with Gasteiger partial charge in [0, 0.05) is 19.2 Å². The van der Waals surface area contributed by atoms with Gasteiger partial charge in [-0.1, -0.05) is 17.3 Å². The zero-order valence-electron chi connectivity index (χ0n) is 8.68. The van der Waals surface area contributed by atoms with Gasteiger partial charge in [0.1, 0.15) is 6.26 Å². The molecule has 0 spiro atoms. The summed E-state index contributed by atoms with van der Waals surface area (Å²) in [5, 5.41) is 15.7. The Kier molecular flexibility index (Phi) is 3.31. The maximum absolute atomic E-state index is 8.65. The zero-order chi connectivity index (χ0) is 11.2. The van der Waals surface area contributed by atoms with Crippen LogP contribution in [-0.4, -0.2) is 5.16 Å². The first-order valence-corrected chi connectivity index (χ1v) is 4.97.